The summed E-state index contributed by atoms with van der Waals surface area (Å²) in [5.74, 6) is 1.12. The molecule has 0 aliphatic heterocycles. The van der Waals surface area contributed by atoms with Gasteiger partial charge in [-0.05, 0) is 37.6 Å². The number of rotatable bonds is 4. The Hall–Kier alpha value is -0.960. The molecule has 1 aromatic rings. The summed E-state index contributed by atoms with van der Waals surface area (Å²) in [6, 6.07) is 5.44. The largest absolute Gasteiger partial charge is 0.494 e. The molecule has 1 aromatic carbocycles. The van der Waals surface area contributed by atoms with Crippen molar-refractivity contribution in [3.8, 4) is 5.75 Å². The Morgan fingerprint density at radius 3 is 2.71 bits per heavy atom. The van der Waals surface area contributed by atoms with Crippen LogP contribution in [0.1, 0.15) is 22.8 Å². The summed E-state index contributed by atoms with van der Waals surface area (Å²) in [6.45, 7) is 4.51. The van der Waals surface area contributed by atoms with Crippen LogP contribution in [0.2, 0.25) is 0 Å². The molecule has 0 aromatic heterocycles. The predicted octanol–water partition coefficient (Wildman–Crippen LogP) is 2.51. The molecule has 76 valence electrons. The summed E-state index contributed by atoms with van der Waals surface area (Å²) in [7, 11) is 0. The number of thiol groups is 1. The fourth-order valence-electron chi connectivity index (χ4n) is 1.23. The first kappa shape index (κ1) is 11.1. The van der Waals surface area contributed by atoms with Gasteiger partial charge < -0.3 is 4.74 Å². The Labute approximate surface area is 89.7 Å². The lowest BCUT2D eigenvalue weighted by molar-refractivity contribution is 0.102. The van der Waals surface area contributed by atoms with Crippen LogP contribution in [0.15, 0.2) is 18.2 Å². The fraction of sp³-hybridized carbons (Fsp3) is 0.364. The molecule has 0 radical (unpaired) electrons. The van der Waals surface area contributed by atoms with Gasteiger partial charge in [-0.25, -0.2) is 0 Å². The first-order valence-corrected chi connectivity index (χ1v) is 5.19. The van der Waals surface area contributed by atoms with E-state index in [1.54, 1.807) is 6.07 Å². The van der Waals surface area contributed by atoms with E-state index in [1.165, 1.54) is 0 Å². The predicted molar refractivity (Wildman–Crippen MR) is 60.5 cm³/mol. The number of ether oxygens (including phenoxy) is 1. The number of hydrogen-bond donors (Lipinski definition) is 1. The summed E-state index contributed by atoms with van der Waals surface area (Å²) in [6.07, 6.45) is 0. The Bertz CT molecular complexity index is 334. The Morgan fingerprint density at radius 1 is 1.50 bits per heavy atom. The van der Waals surface area contributed by atoms with Crippen LogP contribution in [0.3, 0.4) is 0 Å². The van der Waals surface area contributed by atoms with E-state index < -0.39 is 0 Å². The number of carbonyl (C=O) groups is 1. The lowest BCUT2D eigenvalue weighted by Crippen LogP contribution is -2.02. The van der Waals surface area contributed by atoms with Crippen LogP contribution < -0.4 is 4.74 Å². The summed E-state index contributed by atoms with van der Waals surface area (Å²) in [4.78, 5) is 11.3. The molecule has 2 nitrogen and oxygen atoms in total. The topological polar surface area (TPSA) is 26.3 Å². The molecule has 0 unspecified atom stereocenters. The third-order valence-electron chi connectivity index (χ3n) is 1.94. The van der Waals surface area contributed by atoms with Gasteiger partial charge in [0, 0.05) is 5.56 Å². The molecule has 0 spiro atoms. The molecule has 3 heteroatoms. The van der Waals surface area contributed by atoms with Gasteiger partial charge in [-0.2, -0.15) is 12.6 Å². The van der Waals surface area contributed by atoms with Crippen molar-refractivity contribution in [2.75, 3.05) is 12.4 Å². The second-order valence-corrected chi connectivity index (χ2v) is 3.31. The lowest BCUT2D eigenvalue weighted by atomic mass is 10.1. The Balaban J connectivity index is 2.94. The quantitative estimate of drug-likeness (QED) is 0.610. The maximum absolute atomic E-state index is 11.3. The number of ketones is 1. The van der Waals surface area contributed by atoms with Crippen LogP contribution >= 0.6 is 12.6 Å². The third-order valence-corrected chi connectivity index (χ3v) is 2.23. The zero-order valence-corrected chi connectivity index (χ0v) is 9.30. The van der Waals surface area contributed by atoms with E-state index in [1.807, 2.05) is 26.0 Å². The first-order chi connectivity index (χ1) is 6.69. The van der Waals surface area contributed by atoms with Gasteiger partial charge in [0.1, 0.15) is 5.75 Å². The van der Waals surface area contributed by atoms with Crippen molar-refractivity contribution in [3.63, 3.8) is 0 Å². The second kappa shape index (κ2) is 5.05. The Kier molecular flexibility index (Phi) is 4.01. The maximum Gasteiger partial charge on any atom is 0.172 e. The maximum atomic E-state index is 11.3. The van der Waals surface area contributed by atoms with E-state index in [0.717, 1.165) is 11.3 Å². The van der Waals surface area contributed by atoms with Gasteiger partial charge in [0.25, 0.3) is 0 Å². The number of carbonyl (C=O) groups excluding carboxylic acids is 1. The van der Waals surface area contributed by atoms with Gasteiger partial charge in [-0.15, -0.1) is 0 Å². The number of aryl methyl sites for hydroxylation is 1. The SMILES string of the molecule is CCOc1ccc(C(=O)CS)cc1C. The first-order valence-electron chi connectivity index (χ1n) is 4.56. The van der Waals surface area contributed by atoms with E-state index in [0.29, 0.717) is 12.2 Å². The van der Waals surface area contributed by atoms with Crippen molar-refractivity contribution in [1.29, 1.82) is 0 Å². The lowest BCUT2D eigenvalue weighted by Gasteiger charge is -2.07. The minimum atomic E-state index is 0.0412. The highest BCUT2D eigenvalue weighted by molar-refractivity contribution is 7.81. The molecular formula is C11H14O2S. The Morgan fingerprint density at radius 2 is 2.21 bits per heavy atom. The van der Waals surface area contributed by atoms with Gasteiger partial charge in [-0.3, -0.25) is 4.79 Å². The van der Waals surface area contributed by atoms with Crippen LogP contribution in [-0.2, 0) is 0 Å². The zero-order chi connectivity index (χ0) is 10.6. The van der Waals surface area contributed by atoms with E-state index >= 15 is 0 Å². The molecule has 0 bridgehead atoms. The van der Waals surface area contributed by atoms with Crippen LogP contribution in [0.4, 0.5) is 0 Å². The standard InChI is InChI=1S/C11H14O2S/c1-3-13-11-5-4-9(6-8(11)2)10(12)7-14/h4-6,14H,3,7H2,1-2H3. The van der Waals surface area contributed by atoms with Crippen LogP contribution in [0.5, 0.6) is 5.75 Å². The van der Waals surface area contributed by atoms with Crippen LogP contribution in [0, 0.1) is 6.92 Å². The molecule has 0 saturated heterocycles. The van der Waals surface area contributed by atoms with Crippen molar-refractivity contribution < 1.29 is 9.53 Å². The average molecular weight is 210 g/mol. The van der Waals surface area contributed by atoms with E-state index in [9.17, 15) is 4.79 Å². The number of Topliss-reactive ketones (excluding diaryl/α,β-unsaturated/α-hetero) is 1. The van der Waals surface area contributed by atoms with E-state index in [4.69, 9.17) is 4.74 Å². The molecule has 0 saturated carbocycles. The minimum absolute atomic E-state index is 0.0412. The van der Waals surface area contributed by atoms with Crippen molar-refractivity contribution in [1.82, 2.24) is 0 Å². The normalized spacial score (nSPS) is 9.93. The summed E-state index contributed by atoms with van der Waals surface area (Å²) < 4.78 is 5.37. The van der Waals surface area contributed by atoms with Gasteiger partial charge in [0.05, 0.1) is 12.4 Å². The molecule has 1 rings (SSSR count). The molecule has 0 aliphatic rings. The van der Waals surface area contributed by atoms with Crippen molar-refractivity contribution in [2.24, 2.45) is 0 Å². The van der Waals surface area contributed by atoms with Crippen molar-refractivity contribution >= 4 is 18.4 Å². The highest BCUT2D eigenvalue weighted by Crippen LogP contribution is 2.19. The zero-order valence-electron chi connectivity index (χ0n) is 8.41. The number of hydrogen-bond acceptors (Lipinski definition) is 3. The monoisotopic (exact) mass is 210 g/mol. The van der Waals surface area contributed by atoms with Crippen LogP contribution in [-0.4, -0.2) is 18.1 Å². The van der Waals surface area contributed by atoms with Gasteiger partial charge in [0.15, 0.2) is 5.78 Å². The molecule has 0 N–H and O–H groups in total. The molecule has 0 atom stereocenters. The van der Waals surface area contributed by atoms with E-state index in [-0.39, 0.29) is 11.5 Å². The van der Waals surface area contributed by atoms with Gasteiger partial charge >= 0.3 is 0 Å². The molecular weight excluding hydrogens is 196 g/mol. The highest BCUT2D eigenvalue weighted by Gasteiger charge is 2.06. The van der Waals surface area contributed by atoms with Crippen molar-refractivity contribution in [2.45, 2.75) is 13.8 Å². The summed E-state index contributed by atoms with van der Waals surface area (Å²) >= 11 is 3.95. The molecule has 0 fully saturated rings. The summed E-state index contributed by atoms with van der Waals surface area (Å²) in [5, 5.41) is 0. The minimum Gasteiger partial charge on any atom is -0.494 e. The number of benzene rings is 1. The summed E-state index contributed by atoms with van der Waals surface area (Å²) in [5.41, 5.74) is 1.68. The molecule has 0 aliphatic carbocycles. The molecule has 0 amide bonds. The second-order valence-electron chi connectivity index (χ2n) is 2.99. The van der Waals surface area contributed by atoms with Gasteiger partial charge in [0.2, 0.25) is 0 Å². The molecule has 14 heavy (non-hydrogen) atoms. The van der Waals surface area contributed by atoms with E-state index in [2.05, 4.69) is 12.6 Å². The fourth-order valence-corrected chi connectivity index (χ4v) is 1.41. The highest BCUT2D eigenvalue weighted by atomic mass is 32.1. The van der Waals surface area contributed by atoms with Gasteiger partial charge in [-0.1, -0.05) is 0 Å². The van der Waals surface area contributed by atoms with Crippen molar-refractivity contribution in [3.05, 3.63) is 29.3 Å². The third kappa shape index (κ3) is 2.51. The smallest absolute Gasteiger partial charge is 0.172 e. The van der Waals surface area contributed by atoms with Crippen LogP contribution in [0.25, 0.3) is 0 Å². The average Bonchev–Trinajstić information content (AvgIpc) is 2.20. The molecule has 0 heterocycles.